The molecule has 4 nitrogen and oxygen atoms in total. The number of morpholine rings is 1. The van der Waals surface area contributed by atoms with E-state index < -0.39 is 0 Å². The first-order valence-corrected chi connectivity index (χ1v) is 6.93. The summed E-state index contributed by atoms with van der Waals surface area (Å²) in [6.07, 6.45) is 2.79. The summed E-state index contributed by atoms with van der Waals surface area (Å²) < 4.78 is 17.2. The second-order valence-electron chi connectivity index (χ2n) is 4.31. The SMILES string of the molecule is S=C(S)N1CCOCC1CCC1OCCCO1. The number of rotatable bonds is 3. The molecule has 2 fully saturated rings. The van der Waals surface area contributed by atoms with Crippen molar-refractivity contribution in [2.75, 3.05) is 33.0 Å². The third-order valence-electron chi connectivity index (χ3n) is 3.10. The molecule has 0 bridgehead atoms. The van der Waals surface area contributed by atoms with E-state index in [0.29, 0.717) is 17.0 Å². The van der Waals surface area contributed by atoms with Gasteiger partial charge in [-0.1, -0.05) is 12.2 Å². The third-order valence-corrected chi connectivity index (χ3v) is 3.60. The van der Waals surface area contributed by atoms with Crippen LogP contribution in [0, 0.1) is 0 Å². The molecule has 17 heavy (non-hydrogen) atoms. The Hall–Kier alpha value is 0.120. The number of nitrogens with zero attached hydrogens (tertiary/aromatic N) is 1. The van der Waals surface area contributed by atoms with Gasteiger partial charge in [0.15, 0.2) is 6.29 Å². The van der Waals surface area contributed by atoms with E-state index >= 15 is 0 Å². The summed E-state index contributed by atoms with van der Waals surface area (Å²) in [5.41, 5.74) is 0. The quantitative estimate of drug-likeness (QED) is 0.623. The van der Waals surface area contributed by atoms with Gasteiger partial charge in [-0.15, -0.1) is 12.6 Å². The van der Waals surface area contributed by atoms with E-state index in [1.54, 1.807) is 0 Å². The Kier molecular flexibility index (Phi) is 5.49. The number of hydrogen-bond acceptors (Lipinski definition) is 4. The second-order valence-corrected chi connectivity index (χ2v) is 5.42. The average molecular weight is 277 g/mol. The first-order valence-electron chi connectivity index (χ1n) is 6.08. The van der Waals surface area contributed by atoms with Crippen LogP contribution >= 0.6 is 24.8 Å². The summed E-state index contributed by atoms with van der Waals surface area (Å²) in [5.74, 6) is 0. The van der Waals surface area contributed by atoms with Crippen molar-refractivity contribution in [3.63, 3.8) is 0 Å². The fourth-order valence-corrected chi connectivity index (χ4v) is 2.68. The van der Waals surface area contributed by atoms with Gasteiger partial charge in [0.1, 0.15) is 4.32 Å². The van der Waals surface area contributed by atoms with Gasteiger partial charge in [-0.2, -0.15) is 0 Å². The first kappa shape index (κ1) is 13.5. The van der Waals surface area contributed by atoms with Gasteiger partial charge in [0, 0.05) is 13.0 Å². The van der Waals surface area contributed by atoms with Crippen molar-refractivity contribution >= 4 is 29.2 Å². The molecule has 1 unspecified atom stereocenters. The molecule has 2 rings (SSSR count). The molecule has 0 spiro atoms. The van der Waals surface area contributed by atoms with Gasteiger partial charge in [0.05, 0.1) is 32.5 Å². The number of hydrogen-bond donors (Lipinski definition) is 1. The monoisotopic (exact) mass is 277 g/mol. The highest BCUT2D eigenvalue weighted by atomic mass is 32.1. The fourth-order valence-electron chi connectivity index (χ4n) is 2.18. The third kappa shape index (κ3) is 4.06. The molecule has 98 valence electrons. The van der Waals surface area contributed by atoms with Crippen molar-refractivity contribution in [1.82, 2.24) is 4.90 Å². The van der Waals surface area contributed by atoms with E-state index in [9.17, 15) is 0 Å². The molecule has 2 heterocycles. The standard InChI is InChI=1S/C11H19NO3S2/c16-11(17)12-4-7-13-8-9(12)2-3-10-14-5-1-6-15-10/h9-10H,1-8H2,(H,16,17). The minimum Gasteiger partial charge on any atom is -0.377 e. The lowest BCUT2D eigenvalue weighted by Crippen LogP contribution is -2.47. The zero-order valence-electron chi connectivity index (χ0n) is 9.84. The smallest absolute Gasteiger partial charge is 0.157 e. The van der Waals surface area contributed by atoms with Crippen molar-refractivity contribution in [3.8, 4) is 0 Å². The summed E-state index contributed by atoms with van der Waals surface area (Å²) in [7, 11) is 0. The molecule has 0 aromatic heterocycles. The molecule has 0 aromatic carbocycles. The van der Waals surface area contributed by atoms with E-state index in [2.05, 4.69) is 17.5 Å². The summed E-state index contributed by atoms with van der Waals surface area (Å²) in [4.78, 5) is 2.13. The van der Waals surface area contributed by atoms with Crippen LogP contribution in [0.3, 0.4) is 0 Å². The summed E-state index contributed by atoms with van der Waals surface area (Å²) in [5, 5.41) is 0. The molecule has 2 aliphatic heterocycles. The van der Waals surface area contributed by atoms with Gasteiger partial charge in [-0.3, -0.25) is 0 Å². The van der Waals surface area contributed by atoms with E-state index in [0.717, 1.165) is 45.6 Å². The highest BCUT2D eigenvalue weighted by molar-refractivity contribution is 8.10. The number of thiol groups is 1. The van der Waals surface area contributed by atoms with Gasteiger partial charge >= 0.3 is 0 Å². The van der Waals surface area contributed by atoms with Crippen molar-refractivity contribution in [1.29, 1.82) is 0 Å². The summed E-state index contributed by atoms with van der Waals surface area (Å²) in [6.45, 7) is 3.89. The Morgan fingerprint density at radius 2 is 2.00 bits per heavy atom. The zero-order chi connectivity index (χ0) is 12.1. The first-order chi connectivity index (χ1) is 8.27. The van der Waals surface area contributed by atoms with Crippen LogP contribution < -0.4 is 0 Å². The highest BCUT2D eigenvalue weighted by Gasteiger charge is 2.25. The molecule has 0 saturated carbocycles. The van der Waals surface area contributed by atoms with Crippen LogP contribution in [0.15, 0.2) is 0 Å². The van der Waals surface area contributed by atoms with Crippen LogP contribution in [0.5, 0.6) is 0 Å². The van der Waals surface area contributed by atoms with Crippen molar-refractivity contribution in [2.24, 2.45) is 0 Å². The van der Waals surface area contributed by atoms with Gasteiger partial charge in [-0.25, -0.2) is 0 Å². The van der Waals surface area contributed by atoms with Crippen LogP contribution in [-0.4, -0.2) is 54.5 Å². The predicted octanol–water partition coefficient (Wildman–Crippen LogP) is 1.45. The lowest BCUT2D eigenvalue weighted by molar-refractivity contribution is -0.183. The van der Waals surface area contributed by atoms with Gasteiger partial charge in [0.25, 0.3) is 0 Å². The molecular formula is C11H19NO3S2. The largest absolute Gasteiger partial charge is 0.377 e. The zero-order valence-corrected chi connectivity index (χ0v) is 11.5. The Bertz CT molecular complexity index is 259. The molecule has 0 aliphatic carbocycles. The lowest BCUT2D eigenvalue weighted by Gasteiger charge is -2.37. The van der Waals surface area contributed by atoms with Crippen LogP contribution in [0.25, 0.3) is 0 Å². The molecule has 0 radical (unpaired) electrons. The normalized spacial score (nSPS) is 27.1. The van der Waals surface area contributed by atoms with E-state index in [1.165, 1.54) is 0 Å². The minimum atomic E-state index is -0.0546. The molecular weight excluding hydrogens is 258 g/mol. The topological polar surface area (TPSA) is 30.9 Å². The van der Waals surface area contributed by atoms with E-state index in [1.807, 2.05) is 0 Å². The number of thiocarbonyl (C=S) groups is 1. The van der Waals surface area contributed by atoms with Gasteiger partial charge in [-0.05, 0) is 12.8 Å². The van der Waals surface area contributed by atoms with Crippen molar-refractivity contribution in [3.05, 3.63) is 0 Å². The van der Waals surface area contributed by atoms with Crippen LogP contribution in [0.4, 0.5) is 0 Å². The van der Waals surface area contributed by atoms with Crippen LogP contribution in [0.1, 0.15) is 19.3 Å². The maximum atomic E-state index is 5.53. The highest BCUT2D eigenvalue weighted by Crippen LogP contribution is 2.18. The Balaban J connectivity index is 1.77. The average Bonchev–Trinajstić information content (AvgIpc) is 2.38. The van der Waals surface area contributed by atoms with Crippen molar-refractivity contribution < 1.29 is 14.2 Å². The minimum absolute atomic E-state index is 0.0546. The lowest BCUT2D eigenvalue weighted by atomic mass is 10.1. The van der Waals surface area contributed by atoms with Crippen LogP contribution in [-0.2, 0) is 14.2 Å². The van der Waals surface area contributed by atoms with Crippen LogP contribution in [0.2, 0.25) is 0 Å². The maximum absolute atomic E-state index is 5.53. The van der Waals surface area contributed by atoms with E-state index in [-0.39, 0.29) is 6.29 Å². The molecule has 0 N–H and O–H groups in total. The Morgan fingerprint density at radius 3 is 2.71 bits per heavy atom. The molecule has 1 atom stereocenters. The van der Waals surface area contributed by atoms with Gasteiger partial charge in [0.2, 0.25) is 0 Å². The summed E-state index contributed by atoms with van der Waals surface area (Å²) in [6, 6.07) is 0.308. The maximum Gasteiger partial charge on any atom is 0.157 e. The molecule has 6 heteroatoms. The van der Waals surface area contributed by atoms with Gasteiger partial charge < -0.3 is 19.1 Å². The fraction of sp³-hybridized carbons (Fsp3) is 0.909. The Morgan fingerprint density at radius 1 is 1.24 bits per heavy atom. The van der Waals surface area contributed by atoms with Crippen molar-refractivity contribution in [2.45, 2.75) is 31.6 Å². The predicted molar refractivity (Wildman–Crippen MR) is 72.4 cm³/mol. The molecule has 0 aromatic rings. The molecule has 0 amide bonds. The molecule has 2 aliphatic rings. The summed E-state index contributed by atoms with van der Waals surface area (Å²) >= 11 is 9.39. The molecule has 2 saturated heterocycles. The Labute approximate surface area is 113 Å². The number of ether oxygens (including phenoxy) is 3. The second kappa shape index (κ2) is 6.89. The van der Waals surface area contributed by atoms with E-state index in [4.69, 9.17) is 26.4 Å².